The standard InChI is InChI=1S/C18H16Cl3N3O4/c1-11(25)23-17(18(19,20)21)28-13-8-6-12(7-9-13)10-22-24-16(27)14-4-2-3-5-15(14)26/h2-10,17,26H,1H3,(H,23,25)(H,24,27)/b22-10+. The van der Waals surface area contributed by atoms with Crippen molar-refractivity contribution in [3.05, 3.63) is 59.7 Å². The molecule has 0 aliphatic rings. The van der Waals surface area contributed by atoms with Gasteiger partial charge in [-0.15, -0.1) is 0 Å². The first kappa shape index (κ1) is 21.8. The van der Waals surface area contributed by atoms with Gasteiger partial charge in [-0.1, -0.05) is 46.9 Å². The smallest absolute Gasteiger partial charge is 0.275 e. The van der Waals surface area contributed by atoms with E-state index in [0.717, 1.165) is 0 Å². The number of hydrogen-bond acceptors (Lipinski definition) is 5. The van der Waals surface area contributed by atoms with Crippen LogP contribution in [0.5, 0.6) is 11.5 Å². The SMILES string of the molecule is CC(=O)NC(Oc1ccc(/C=N/NC(=O)c2ccccc2O)cc1)C(Cl)(Cl)Cl. The number of halogens is 3. The second-order valence-electron chi connectivity index (χ2n) is 5.53. The number of phenolic OH excluding ortho intramolecular Hbond substituents is 1. The Hall–Kier alpha value is -2.48. The van der Waals surface area contributed by atoms with Gasteiger partial charge in [0.15, 0.2) is 0 Å². The third-order valence-corrected chi connectivity index (χ3v) is 3.89. The van der Waals surface area contributed by atoms with E-state index in [1.165, 1.54) is 25.3 Å². The van der Waals surface area contributed by atoms with Crippen molar-refractivity contribution in [2.24, 2.45) is 5.10 Å². The molecule has 28 heavy (non-hydrogen) atoms. The van der Waals surface area contributed by atoms with E-state index < -0.39 is 21.8 Å². The van der Waals surface area contributed by atoms with E-state index in [2.05, 4.69) is 15.8 Å². The van der Waals surface area contributed by atoms with Gasteiger partial charge in [-0.25, -0.2) is 5.43 Å². The molecular weight excluding hydrogens is 429 g/mol. The summed E-state index contributed by atoms with van der Waals surface area (Å²) in [6, 6.07) is 12.6. The minimum atomic E-state index is -1.86. The Labute approximate surface area is 176 Å². The fourth-order valence-corrected chi connectivity index (χ4v) is 2.32. The van der Waals surface area contributed by atoms with E-state index in [9.17, 15) is 14.7 Å². The molecular formula is C18H16Cl3N3O4. The summed E-state index contributed by atoms with van der Waals surface area (Å²) >= 11 is 17.4. The number of nitrogens with zero attached hydrogens (tertiary/aromatic N) is 1. The molecule has 0 aliphatic carbocycles. The number of alkyl halides is 3. The van der Waals surface area contributed by atoms with Gasteiger partial charge in [-0.3, -0.25) is 9.59 Å². The van der Waals surface area contributed by atoms with Gasteiger partial charge in [0.2, 0.25) is 15.9 Å². The van der Waals surface area contributed by atoms with E-state index >= 15 is 0 Å². The number of carbonyl (C=O) groups excluding carboxylic acids is 2. The van der Waals surface area contributed by atoms with Crippen LogP contribution in [0.4, 0.5) is 0 Å². The highest BCUT2D eigenvalue weighted by Crippen LogP contribution is 2.32. The molecule has 1 unspecified atom stereocenters. The van der Waals surface area contributed by atoms with Gasteiger partial charge in [-0.2, -0.15) is 5.10 Å². The zero-order chi connectivity index (χ0) is 20.7. The predicted molar refractivity (Wildman–Crippen MR) is 108 cm³/mol. The molecule has 0 heterocycles. The second-order valence-corrected chi connectivity index (χ2v) is 7.89. The first-order valence-corrected chi connectivity index (χ1v) is 9.02. The van der Waals surface area contributed by atoms with Crippen molar-refractivity contribution in [3.8, 4) is 11.5 Å². The molecule has 10 heteroatoms. The van der Waals surface area contributed by atoms with Crippen LogP contribution in [0, 0.1) is 0 Å². The minimum absolute atomic E-state index is 0.110. The van der Waals surface area contributed by atoms with E-state index in [1.54, 1.807) is 36.4 Å². The number of para-hydroxylation sites is 1. The van der Waals surface area contributed by atoms with Crippen LogP contribution in [-0.2, 0) is 4.79 Å². The van der Waals surface area contributed by atoms with Crippen LogP contribution < -0.4 is 15.5 Å². The summed E-state index contributed by atoms with van der Waals surface area (Å²) in [6.07, 6.45) is 0.231. The third kappa shape index (κ3) is 6.60. The maximum absolute atomic E-state index is 11.9. The molecule has 0 aliphatic heterocycles. The van der Waals surface area contributed by atoms with Crippen molar-refractivity contribution in [2.75, 3.05) is 0 Å². The maximum Gasteiger partial charge on any atom is 0.275 e. The number of hydrazone groups is 1. The van der Waals surface area contributed by atoms with Gasteiger partial charge in [-0.05, 0) is 42.0 Å². The first-order chi connectivity index (χ1) is 13.2. The van der Waals surface area contributed by atoms with Crippen LogP contribution in [0.3, 0.4) is 0 Å². The van der Waals surface area contributed by atoms with Crippen LogP contribution >= 0.6 is 34.8 Å². The fourth-order valence-electron chi connectivity index (χ4n) is 2.02. The normalized spacial score (nSPS) is 12.4. The molecule has 0 fully saturated rings. The van der Waals surface area contributed by atoms with Crippen molar-refractivity contribution < 1.29 is 19.4 Å². The summed E-state index contributed by atoms with van der Waals surface area (Å²) < 4.78 is 3.63. The quantitative estimate of drug-likeness (QED) is 0.275. The predicted octanol–water partition coefficient (Wildman–Crippen LogP) is 3.37. The minimum Gasteiger partial charge on any atom is -0.507 e. The summed E-state index contributed by atoms with van der Waals surface area (Å²) in [5, 5.41) is 15.9. The zero-order valence-electron chi connectivity index (χ0n) is 14.5. The van der Waals surface area contributed by atoms with Crippen molar-refractivity contribution in [1.29, 1.82) is 0 Å². The Bertz CT molecular complexity index is 867. The molecule has 2 amide bonds. The monoisotopic (exact) mass is 443 g/mol. The topological polar surface area (TPSA) is 100 Å². The molecule has 0 saturated heterocycles. The number of hydrogen-bond donors (Lipinski definition) is 3. The maximum atomic E-state index is 11.9. The Morgan fingerprint density at radius 3 is 2.36 bits per heavy atom. The number of phenols is 1. The van der Waals surface area contributed by atoms with Crippen molar-refractivity contribution in [1.82, 2.24) is 10.7 Å². The molecule has 1 atom stereocenters. The third-order valence-electron chi connectivity index (χ3n) is 3.29. The molecule has 0 radical (unpaired) electrons. The molecule has 0 saturated carbocycles. The van der Waals surface area contributed by atoms with Crippen LogP contribution in [0.25, 0.3) is 0 Å². The largest absolute Gasteiger partial charge is 0.507 e. The van der Waals surface area contributed by atoms with Gasteiger partial charge < -0.3 is 15.2 Å². The zero-order valence-corrected chi connectivity index (χ0v) is 16.8. The van der Waals surface area contributed by atoms with E-state index in [1.807, 2.05) is 0 Å². The Kier molecular flexibility index (Phi) is 7.51. The molecule has 3 N–H and O–H groups in total. The number of nitrogens with one attached hydrogen (secondary N) is 2. The summed E-state index contributed by atoms with van der Waals surface area (Å²) in [4.78, 5) is 23.1. The summed E-state index contributed by atoms with van der Waals surface area (Å²) in [5.41, 5.74) is 3.07. The number of aromatic hydroxyl groups is 1. The molecule has 0 bridgehead atoms. The average Bonchev–Trinajstić information content (AvgIpc) is 2.61. The van der Waals surface area contributed by atoms with Crippen LogP contribution in [0.2, 0.25) is 0 Å². The van der Waals surface area contributed by atoms with Crippen LogP contribution in [0.1, 0.15) is 22.8 Å². The lowest BCUT2D eigenvalue weighted by Gasteiger charge is -2.25. The highest BCUT2D eigenvalue weighted by Gasteiger charge is 2.35. The average molecular weight is 445 g/mol. The molecule has 148 valence electrons. The lowest BCUT2D eigenvalue weighted by molar-refractivity contribution is -0.121. The second kappa shape index (κ2) is 9.64. The van der Waals surface area contributed by atoms with Crippen LogP contribution in [-0.4, -0.2) is 33.2 Å². The molecule has 2 aromatic carbocycles. The molecule has 0 spiro atoms. The van der Waals surface area contributed by atoms with Crippen LogP contribution in [0.15, 0.2) is 53.6 Å². The Balaban J connectivity index is 1.98. The van der Waals surface area contributed by atoms with E-state index in [0.29, 0.717) is 11.3 Å². The highest BCUT2D eigenvalue weighted by atomic mass is 35.6. The molecule has 0 aromatic heterocycles. The van der Waals surface area contributed by atoms with E-state index in [4.69, 9.17) is 39.5 Å². The van der Waals surface area contributed by atoms with Crippen molar-refractivity contribution in [2.45, 2.75) is 16.9 Å². The first-order valence-electron chi connectivity index (χ1n) is 7.89. The summed E-state index contributed by atoms with van der Waals surface area (Å²) in [7, 11) is 0. The summed E-state index contributed by atoms with van der Waals surface area (Å²) in [5.74, 6) is -0.754. The van der Waals surface area contributed by atoms with Gasteiger partial charge in [0, 0.05) is 6.92 Å². The van der Waals surface area contributed by atoms with E-state index in [-0.39, 0.29) is 11.3 Å². The van der Waals surface area contributed by atoms with Crippen molar-refractivity contribution >= 4 is 52.8 Å². The number of carbonyl (C=O) groups is 2. The Morgan fingerprint density at radius 2 is 1.79 bits per heavy atom. The lowest BCUT2D eigenvalue weighted by Crippen LogP contribution is -2.47. The highest BCUT2D eigenvalue weighted by molar-refractivity contribution is 6.68. The molecule has 7 nitrogen and oxygen atoms in total. The number of ether oxygens (including phenoxy) is 1. The molecule has 2 rings (SSSR count). The Morgan fingerprint density at radius 1 is 1.14 bits per heavy atom. The van der Waals surface area contributed by atoms with Crippen molar-refractivity contribution in [3.63, 3.8) is 0 Å². The fraction of sp³-hybridized carbons (Fsp3) is 0.167. The van der Waals surface area contributed by atoms with Gasteiger partial charge in [0.1, 0.15) is 11.5 Å². The van der Waals surface area contributed by atoms with Gasteiger partial charge in [0.05, 0.1) is 11.8 Å². The number of rotatable bonds is 6. The van der Waals surface area contributed by atoms with Gasteiger partial charge >= 0.3 is 0 Å². The van der Waals surface area contributed by atoms with Gasteiger partial charge in [0.25, 0.3) is 5.91 Å². The lowest BCUT2D eigenvalue weighted by atomic mass is 10.2. The summed E-state index contributed by atoms with van der Waals surface area (Å²) in [6.45, 7) is 1.27. The number of amides is 2. The number of benzene rings is 2. The molecule has 2 aromatic rings.